The van der Waals surface area contributed by atoms with Crippen molar-refractivity contribution in [2.24, 2.45) is 0 Å². The van der Waals surface area contributed by atoms with Crippen LogP contribution in [0.4, 0.5) is 18.9 Å². The molecule has 1 unspecified atom stereocenters. The molecule has 0 aromatic heterocycles. The van der Waals surface area contributed by atoms with Crippen molar-refractivity contribution in [1.82, 2.24) is 9.80 Å². The van der Waals surface area contributed by atoms with E-state index in [2.05, 4.69) is 4.90 Å². The lowest BCUT2D eigenvalue weighted by Gasteiger charge is -2.39. The first-order valence-corrected chi connectivity index (χ1v) is 11.5. The third-order valence-electron chi connectivity index (χ3n) is 6.65. The zero-order valence-corrected chi connectivity index (χ0v) is 19.0. The van der Waals surface area contributed by atoms with Crippen molar-refractivity contribution in [3.05, 3.63) is 76.3 Å². The van der Waals surface area contributed by atoms with Gasteiger partial charge >= 0.3 is 6.18 Å². The number of alkyl halides is 3. The molecular formula is C25H23ClF3N3O2. The van der Waals surface area contributed by atoms with Gasteiger partial charge in [-0.05, 0) is 29.7 Å². The summed E-state index contributed by atoms with van der Waals surface area (Å²) in [6.07, 6.45) is -5.51. The molecule has 5 rings (SSSR count). The van der Waals surface area contributed by atoms with Crippen molar-refractivity contribution < 1.29 is 23.1 Å². The first-order chi connectivity index (χ1) is 16.2. The van der Waals surface area contributed by atoms with Gasteiger partial charge in [-0.25, -0.2) is 0 Å². The molecule has 0 bridgehead atoms. The van der Waals surface area contributed by atoms with Crippen molar-refractivity contribution >= 4 is 34.0 Å². The zero-order valence-electron chi connectivity index (χ0n) is 18.2. The molecule has 1 saturated heterocycles. The fourth-order valence-electron chi connectivity index (χ4n) is 4.83. The van der Waals surface area contributed by atoms with E-state index in [1.807, 2.05) is 35.2 Å². The molecule has 2 aliphatic rings. The molecule has 5 nitrogen and oxygen atoms in total. The number of benzene rings is 3. The topological polar surface area (TPSA) is 47.0 Å². The van der Waals surface area contributed by atoms with Crippen molar-refractivity contribution in [3.8, 4) is 0 Å². The third kappa shape index (κ3) is 4.10. The lowest BCUT2D eigenvalue weighted by atomic mass is 9.93. The molecule has 2 aliphatic heterocycles. The zero-order chi connectivity index (χ0) is 24.0. The van der Waals surface area contributed by atoms with Crippen LogP contribution in [0.1, 0.15) is 27.7 Å². The molecule has 34 heavy (non-hydrogen) atoms. The number of aliphatic hydroxyl groups excluding tert-OH is 1. The van der Waals surface area contributed by atoms with Crippen LogP contribution in [0.25, 0.3) is 10.8 Å². The second kappa shape index (κ2) is 8.76. The summed E-state index contributed by atoms with van der Waals surface area (Å²) < 4.78 is 39.6. The average Bonchev–Trinajstić information content (AvgIpc) is 2.82. The minimum Gasteiger partial charge on any atom is -0.369 e. The highest BCUT2D eigenvalue weighted by atomic mass is 35.5. The van der Waals surface area contributed by atoms with Crippen LogP contribution < -0.4 is 4.90 Å². The molecule has 1 amide bonds. The summed E-state index contributed by atoms with van der Waals surface area (Å²) >= 11 is 5.74. The van der Waals surface area contributed by atoms with Gasteiger partial charge in [0.2, 0.25) is 0 Å². The fraction of sp³-hybridized carbons (Fsp3) is 0.320. The number of piperazine rings is 1. The van der Waals surface area contributed by atoms with Gasteiger partial charge in [-0.3, -0.25) is 9.69 Å². The molecule has 3 aromatic carbocycles. The predicted molar refractivity (Wildman–Crippen MR) is 125 cm³/mol. The summed E-state index contributed by atoms with van der Waals surface area (Å²) in [6.45, 7) is 3.28. The molecule has 3 aromatic rings. The SMILES string of the molecule is O=C1c2cccc3cccc(c23)C(O)N1CCN1CCN(c2ccc(Cl)c(C(F)(F)F)c2)CC1. The summed E-state index contributed by atoms with van der Waals surface area (Å²) in [5.74, 6) is -0.198. The number of halogens is 4. The van der Waals surface area contributed by atoms with Gasteiger partial charge in [0, 0.05) is 61.5 Å². The Morgan fingerprint density at radius 2 is 1.68 bits per heavy atom. The van der Waals surface area contributed by atoms with Crippen LogP contribution >= 0.6 is 11.6 Å². The van der Waals surface area contributed by atoms with E-state index in [-0.39, 0.29) is 10.9 Å². The molecule has 2 heterocycles. The largest absolute Gasteiger partial charge is 0.417 e. The predicted octanol–water partition coefficient (Wildman–Crippen LogP) is 4.78. The van der Waals surface area contributed by atoms with E-state index in [9.17, 15) is 23.1 Å². The maximum absolute atomic E-state index is 13.2. The Balaban J connectivity index is 1.23. The van der Waals surface area contributed by atoms with Gasteiger partial charge in [0.15, 0.2) is 6.23 Å². The summed E-state index contributed by atoms with van der Waals surface area (Å²) in [4.78, 5) is 18.6. The van der Waals surface area contributed by atoms with E-state index < -0.39 is 18.0 Å². The Hall–Kier alpha value is -2.81. The van der Waals surface area contributed by atoms with Gasteiger partial charge in [0.25, 0.3) is 5.91 Å². The lowest BCUT2D eigenvalue weighted by Crippen LogP contribution is -2.50. The van der Waals surface area contributed by atoms with Gasteiger partial charge in [-0.1, -0.05) is 41.9 Å². The molecule has 0 radical (unpaired) electrons. The number of carbonyl (C=O) groups is 1. The Morgan fingerprint density at radius 1 is 0.971 bits per heavy atom. The Morgan fingerprint density at radius 3 is 2.38 bits per heavy atom. The van der Waals surface area contributed by atoms with Crippen LogP contribution in [-0.2, 0) is 6.18 Å². The number of anilines is 1. The van der Waals surface area contributed by atoms with Crippen molar-refractivity contribution in [3.63, 3.8) is 0 Å². The molecule has 1 N–H and O–H groups in total. The molecule has 0 aliphatic carbocycles. The molecule has 178 valence electrons. The second-order valence-electron chi connectivity index (χ2n) is 8.61. The van der Waals surface area contributed by atoms with Gasteiger partial charge in [-0.2, -0.15) is 13.2 Å². The molecule has 1 atom stereocenters. The van der Waals surface area contributed by atoms with Crippen LogP contribution in [0.15, 0.2) is 54.6 Å². The highest BCUT2D eigenvalue weighted by Crippen LogP contribution is 2.37. The number of rotatable bonds is 4. The fourth-order valence-corrected chi connectivity index (χ4v) is 5.05. The van der Waals surface area contributed by atoms with E-state index >= 15 is 0 Å². The van der Waals surface area contributed by atoms with E-state index in [0.717, 1.165) is 22.4 Å². The Kier molecular flexibility index (Phi) is 5.91. The number of carbonyl (C=O) groups excluding carboxylic acids is 1. The van der Waals surface area contributed by atoms with Crippen molar-refractivity contribution in [2.75, 3.05) is 44.2 Å². The molecule has 1 fully saturated rings. The highest BCUT2D eigenvalue weighted by Gasteiger charge is 2.35. The van der Waals surface area contributed by atoms with E-state index in [4.69, 9.17) is 11.6 Å². The van der Waals surface area contributed by atoms with Gasteiger partial charge in [0.05, 0.1) is 10.6 Å². The lowest BCUT2D eigenvalue weighted by molar-refractivity contribution is -0.137. The normalized spacial score (nSPS) is 19.2. The van der Waals surface area contributed by atoms with Crippen molar-refractivity contribution in [2.45, 2.75) is 12.4 Å². The van der Waals surface area contributed by atoms with Crippen molar-refractivity contribution in [1.29, 1.82) is 0 Å². The monoisotopic (exact) mass is 489 g/mol. The molecule has 0 saturated carbocycles. The highest BCUT2D eigenvalue weighted by molar-refractivity contribution is 6.31. The maximum atomic E-state index is 13.2. The minimum atomic E-state index is -4.50. The van der Waals surface area contributed by atoms with Crippen LogP contribution in [0.5, 0.6) is 0 Å². The van der Waals surface area contributed by atoms with E-state index in [1.54, 1.807) is 12.1 Å². The number of nitrogens with zero attached hydrogens (tertiary/aromatic N) is 3. The number of hydrogen-bond donors (Lipinski definition) is 1. The number of hydrogen-bond acceptors (Lipinski definition) is 4. The van der Waals surface area contributed by atoms with Gasteiger partial charge in [-0.15, -0.1) is 0 Å². The number of amides is 1. The Labute approximate surface area is 199 Å². The summed E-state index contributed by atoms with van der Waals surface area (Å²) in [5, 5.41) is 12.3. The van der Waals surface area contributed by atoms with Crippen LogP contribution in [0, 0.1) is 0 Å². The van der Waals surface area contributed by atoms with Gasteiger partial charge < -0.3 is 14.9 Å². The molecular weight excluding hydrogens is 467 g/mol. The maximum Gasteiger partial charge on any atom is 0.417 e. The molecule has 0 spiro atoms. The third-order valence-corrected chi connectivity index (χ3v) is 6.98. The van der Waals surface area contributed by atoms with E-state index in [0.29, 0.717) is 50.5 Å². The minimum absolute atomic E-state index is 0.198. The van der Waals surface area contributed by atoms with Crippen LogP contribution in [0.2, 0.25) is 5.02 Å². The summed E-state index contributed by atoms with van der Waals surface area (Å²) in [5.41, 5.74) is 0.969. The smallest absolute Gasteiger partial charge is 0.369 e. The second-order valence-corrected chi connectivity index (χ2v) is 9.02. The average molecular weight is 490 g/mol. The first-order valence-electron chi connectivity index (χ1n) is 11.1. The Bertz CT molecular complexity index is 1240. The standard InChI is InChI=1S/C25H23ClF3N3O2/c26-21-8-7-17(15-20(21)25(27,28)29)31-12-9-30(10-13-31)11-14-32-23(33)18-5-1-3-16-4-2-6-19(22(16)18)24(32)34/h1-8,15,23,33H,9-14H2. The van der Waals surface area contributed by atoms with Crippen LogP contribution in [0.3, 0.4) is 0 Å². The summed E-state index contributed by atoms with van der Waals surface area (Å²) in [7, 11) is 0. The van der Waals surface area contributed by atoms with Gasteiger partial charge in [0.1, 0.15) is 0 Å². The van der Waals surface area contributed by atoms with E-state index in [1.165, 1.54) is 11.0 Å². The first kappa shape index (κ1) is 23.0. The summed E-state index contributed by atoms with van der Waals surface area (Å²) in [6, 6.07) is 15.2. The van der Waals surface area contributed by atoms with Crippen LogP contribution in [-0.4, -0.2) is 60.1 Å². The number of aliphatic hydroxyl groups is 1. The molecule has 9 heteroatoms. The quantitative estimate of drug-likeness (QED) is 0.573.